The minimum atomic E-state index is 0.536. The van der Waals surface area contributed by atoms with Crippen molar-refractivity contribution in [2.45, 2.75) is 25.8 Å². The fraction of sp³-hybridized carbons (Fsp3) is 0.615. The molecule has 0 spiro atoms. The highest BCUT2D eigenvalue weighted by Crippen LogP contribution is 2.36. The summed E-state index contributed by atoms with van der Waals surface area (Å²) >= 11 is 0. The van der Waals surface area contributed by atoms with E-state index < -0.39 is 0 Å². The lowest BCUT2D eigenvalue weighted by Crippen LogP contribution is -2.37. The first-order valence-corrected chi connectivity index (χ1v) is 6.18. The Balaban J connectivity index is 2.13. The first-order valence-electron chi connectivity index (χ1n) is 6.18. The number of rotatable bonds is 6. The largest absolute Gasteiger partial charge is 0.397 e. The smallest absolute Gasteiger partial charge is 0.0637 e. The molecule has 0 aromatic carbocycles. The molecule has 94 valence electrons. The van der Waals surface area contributed by atoms with E-state index in [0.29, 0.717) is 11.7 Å². The number of hydrogen-bond acceptors (Lipinski definition) is 4. The Kier molecular flexibility index (Phi) is 3.84. The Morgan fingerprint density at radius 2 is 2.29 bits per heavy atom. The predicted octanol–water partition coefficient (Wildman–Crippen LogP) is 1.92. The first kappa shape index (κ1) is 12.2. The lowest BCUT2D eigenvalue weighted by molar-refractivity contribution is 0.202. The number of pyridine rings is 1. The topological polar surface area (TPSA) is 51.4 Å². The molecule has 1 aliphatic rings. The average Bonchev–Trinajstić information content (AvgIpc) is 3.13. The van der Waals surface area contributed by atoms with E-state index >= 15 is 0 Å². The van der Waals surface area contributed by atoms with E-state index in [1.807, 2.05) is 12.3 Å². The maximum atomic E-state index is 5.80. The van der Waals surface area contributed by atoms with Crippen LogP contribution in [-0.2, 0) is 4.74 Å². The summed E-state index contributed by atoms with van der Waals surface area (Å²) in [5.74, 6) is 0.813. The summed E-state index contributed by atoms with van der Waals surface area (Å²) in [6, 6.07) is 2.52. The van der Waals surface area contributed by atoms with Crippen LogP contribution in [0.25, 0.3) is 0 Å². The molecule has 0 aliphatic heterocycles. The van der Waals surface area contributed by atoms with Crippen molar-refractivity contribution in [3.8, 4) is 0 Å². The number of nitrogens with zero attached hydrogens (tertiary/aromatic N) is 2. The zero-order valence-corrected chi connectivity index (χ0v) is 10.6. The summed E-state index contributed by atoms with van der Waals surface area (Å²) in [6.07, 6.45) is 6.23. The molecule has 1 aliphatic carbocycles. The van der Waals surface area contributed by atoms with Crippen molar-refractivity contribution < 1.29 is 4.74 Å². The van der Waals surface area contributed by atoms with Gasteiger partial charge in [-0.3, -0.25) is 4.98 Å². The summed E-state index contributed by atoms with van der Waals surface area (Å²) in [5, 5.41) is 0. The molecule has 0 amide bonds. The molecule has 1 aromatic rings. The first-order chi connectivity index (χ1) is 8.22. The Bertz CT molecular complexity index is 365. The molecule has 4 heteroatoms. The molecule has 1 aromatic heterocycles. The summed E-state index contributed by atoms with van der Waals surface area (Å²) in [4.78, 5) is 6.52. The van der Waals surface area contributed by atoms with Crippen molar-refractivity contribution >= 4 is 11.4 Å². The second-order valence-corrected chi connectivity index (χ2v) is 4.74. The summed E-state index contributed by atoms with van der Waals surface area (Å²) in [5.41, 5.74) is 7.61. The molecular weight excluding hydrogens is 214 g/mol. The zero-order chi connectivity index (χ0) is 12.3. The molecule has 1 unspecified atom stereocenters. The Hall–Kier alpha value is -1.29. The van der Waals surface area contributed by atoms with Crippen LogP contribution >= 0.6 is 0 Å². The van der Waals surface area contributed by atoms with Crippen LogP contribution in [0.1, 0.15) is 19.8 Å². The lowest BCUT2D eigenvalue weighted by atomic mass is 10.1. The van der Waals surface area contributed by atoms with Gasteiger partial charge in [-0.1, -0.05) is 0 Å². The van der Waals surface area contributed by atoms with E-state index in [2.05, 4.69) is 16.8 Å². The molecule has 1 saturated carbocycles. The van der Waals surface area contributed by atoms with Gasteiger partial charge >= 0.3 is 0 Å². The Morgan fingerprint density at radius 1 is 1.53 bits per heavy atom. The monoisotopic (exact) mass is 235 g/mol. The van der Waals surface area contributed by atoms with Crippen molar-refractivity contribution in [2.75, 3.05) is 30.9 Å². The number of ether oxygens (including phenoxy) is 1. The van der Waals surface area contributed by atoms with Gasteiger partial charge in [0.05, 0.1) is 24.2 Å². The third-order valence-corrected chi connectivity index (χ3v) is 3.41. The van der Waals surface area contributed by atoms with Gasteiger partial charge in [-0.05, 0) is 31.7 Å². The van der Waals surface area contributed by atoms with Crippen LogP contribution in [0.5, 0.6) is 0 Å². The van der Waals surface area contributed by atoms with Gasteiger partial charge in [0.25, 0.3) is 0 Å². The molecule has 1 atom stereocenters. The number of aromatic nitrogens is 1. The molecule has 0 radical (unpaired) electrons. The molecule has 4 nitrogen and oxygen atoms in total. The van der Waals surface area contributed by atoms with Crippen LogP contribution in [0.15, 0.2) is 18.5 Å². The zero-order valence-electron chi connectivity index (χ0n) is 10.6. The van der Waals surface area contributed by atoms with Crippen molar-refractivity contribution in [2.24, 2.45) is 5.92 Å². The van der Waals surface area contributed by atoms with Gasteiger partial charge in [0, 0.05) is 25.9 Å². The minimum absolute atomic E-state index is 0.536. The summed E-state index contributed by atoms with van der Waals surface area (Å²) in [7, 11) is 1.73. The van der Waals surface area contributed by atoms with Gasteiger partial charge in [0.15, 0.2) is 0 Å². The molecule has 1 heterocycles. The molecular formula is C13H21N3O. The van der Waals surface area contributed by atoms with E-state index in [1.165, 1.54) is 12.8 Å². The van der Waals surface area contributed by atoms with Crippen molar-refractivity contribution in [1.82, 2.24) is 4.98 Å². The molecule has 2 N–H and O–H groups in total. The van der Waals surface area contributed by atoms with E-state index in [1.54, 1.807) is 13.3 Å². The number of anilines is 2. The van der Waals surface area contributed by atoms with Crippen LogP contribution in [0, 0.1) is 5.92 Å². The molecule has 17 heavy (non-hydrogen) atoms. The highest BCUT2D eigenvalue weighted by molar-refractivity contribution is 5.54. The standard InChI is InChI=1S/C13H21N3O/c1-10(11-3-4-11)16(5-6-17-2)13-7-12(14)8-15-9-13/h7-11H,3-6,14H2,1-2H3. The van der Waals surface area contributed by atoms with Gasteiger partial charge in [-0.25, -0.2) is 0 Å². The highest BCUT2D eigenvalue weighted by Gasteiger charge is 2.32. The van der Waals surface area contributed by atoms with Crippen LogP contribution in [0.2, 0.25) is 0 Å². The fourth-order valence-corrected chi connectivity index (χ4v) is 2.19. The maximum Gasteiger partial charge on any atom is 0.0637 e. The van der Waals surface area contributed by atoms with Crippen molar-refractivity contribution in [3.63, 3.8) is 0 Å². The van der Waals surface area contributed by atoms with Crippen LogP contribution in [-0.4, -0.2) is 31.3 Å². The Morgan fingerprint density at radius 3 is 2.88 bits per heavy atom. The summed E-state index contributed by atoms with van der Waals surface area (Å²) < 4.78 is 5.18. The van der Waals surface area contributed by atoms with E-state index in [4.69, 9.17) is 10.5 Å². The van der Waals surface area contributed by atoms with Crippen LogP contribution in [0.4, 0.5) is 11.4 Å². The molecule has 2 rings (SSSR count). The number of hydrogen-bond donors (Lipinski definition) is 1. The second-order valence-electron chi connectivity index (χ2n) is 4.74. The third-order valence-electron chi connectivity index (χ3n) is 3.41. The predicted molar refractivity (Wildman–Crippen MR) is 70.1 cm³/mol. The highest BCUT2D eigenvalue weighted by atomic mass is 16.5. The van der Waals surface area contributed by atoms with Gasteiger partial charge < -0.3 is 15.4 Å². The SMILES string of the molecule is COCCN(c1cncc(N)c1)C(C)C1CC1. The molecule has 0 bridgehead atoms. The number of methoxy groups -OCH3 is 1. The average molecular weight is 235 g/mol. The van der Waals surface area contributed by atoms with Gasteiger partial charge in [-0.2, -0.15) is 0 Å². The normalized spacial score (nSPS) is 16.8. The van der Waals surface area contributed by atoms with Crippen molar-refractivity contribution in [3.05, 3.63) is 18.5 Å². The third kappa shape index (κ3) is 3.09. The molecule has 1 fully saturated rings. The second kappa shape index (κ2) is 5.36. The minimum Gasteiger partial charge on any atom is -0.397 e. The summed E-state index contributed by atoms with van der Waals surface area (Å²) in [6.45, 7) is 3.89. The molecule has 0 saturated heterocycles. The lowest BCUT2D eigenvalue weighted by Gasteiger charge is -2.31. The van der Waals surface area contributed by atoms with Crippen LogP contribution < -0.4 is 10.6 Å². The maximum absolute atomic E-state index is 5.80. The van der Waals surface area contributed by atoms with Crippen molar-refractivity contribution in [1.29, 1.82) is 0 Å². The number of nitrogens with two attached hydrogens (primary N) is 1. The Labute approximate surface area is 103 Å². The fourth-order valence-electron chi connectivity index (χ4n) is 2.19. The van der Waals surface area contributed by atoms with Gasteiger partial charge in [0.2, 0.25) is 0 Å². The van der Waals surface area contributed by atoms with Gasteiger partial charge in [-0.15, -0.1) is 0 Å². The van der Waals surface area contributed by atoms with E-state index in [9.17, 15) is 0 Å². The van der Waals surface area contributed by atoms with Gasteiger partial charge in [0.1, 0.15) is 0 Å². The van der Waals surface area contributed by atoms with E-state index in [0.717, 1.165) is 24.8 Å². The van der Waals surface area contributed by atoms with E-state index in [-0.39, 0.29) is 0 Å². The quantitative estimate of drug-likeness (QED) is 0.818. The number of nitrogen functional groups attached to an aromatic ring is 1. The van der Waals surface area contributed by atoms with Crippen LogP contribution in [0.3, 0.4) is 0 Å².